The van der Waals surface area contributed by atoms with E-state index in [2.05, 4.69) is 10.2 Å². The SMILES string of the molecule is N#C/C(=C\c1ccc(OCCN2CCOCC2)cc1)C(=O)Nc1ccccc1. The first kappa shape index (κ1) is 19.6. The number of carbonyl (C=O) groups excluding carboxylic acids is 1. The fourth-order valence-electron chi connectivity index (χ4n) is 2.81. The Balaban J connectivity index is 1.53. The molecule has 0 radical (unpaired) electrons. The predicted octanol–water partition coefficient (Wildman–Crippen LogP) is 2.94. The molecular weight excluding hydrogens is 354 g/mol. The lowest BCUT2D eigenvalue weighted by molar-refractivity contribution is -0.112. The van der Waals surface area contributed by atoms with Crippen molar-refractivity contribution in [1.29, 1.82) is 5.26 Å². The van der Waals surface area contributed by atoms with Crippen LogP contribution in [0.2, 0.25) is 0 Å². The number of carbonyl (C=O) groups is 1. The number of nitrogens with one attached hydrogen (secondary N) is 1. The first-order chi connectivity index (χ1) is 13.7. The Bertz CT molecular complexity index is 836. The molecule has 1 saturated heterocycles. The molecule has 0 aromatic heterocycles. The van der Waals surface area contributed by atoms with Crippen LogP contribution in [0.15, 0.2) is 60.2 Å². The molecule has 6 nitrogen and oxygen atoms in total. The highest BCUT2D eigenvalue weighted by Crippen LogP contribution is 2.16. The molecule has 0 bridgehead atoms. The second kappa shape index (κ2) is 10.3. The summed E-state index contributed by atoms with van der Waals surface area (Å²) in [6.45, 7) is 4.91. The monoisotopic (exact) mass is 377 g/mol. The first-order valence-electron chi connectivity index (χ1n) is 9.26. The van der Waals surface area contributed by atoms with Gasteiger partial charge in [-0.1, -0.05) is 30.3 Å². The molecule has 0 saturated carbocycles. The molecule has 2 aromatic rings. The van der Waals surface area contributed by atoms with Gasteiger partial charge in [0, 0.05) is 25.3 Å². The van der Waals surface area contributed by atoms with Crippen molar-refractivity contribution in [1.82, 2.24) is 4.90 Å². The Hall–Kier alpha value is -3.14. The highest BCUT2D eigenvalue weighted by Gasteiger charge is 2.11. The lowest BCUT2D eigenvalue weighted by atomic mass is 10.1. The minimum Gasteiger partial charge on any atom is -0.492 e. The van der Waals surface area contributed by atoms with Crippen LogP contribution in [0.5, 0.6) is 5.75 Å². The molecule has 6 heteroatoms. The number of nitrogens with zero attached hydrogens (tertiary/aromatic N) is 2. The van der Waals surface area contributed by atoms with Crippen LogP contribution in [0.4, 0.5) is 5.69 Å². The maximum absolute atomic E-state index is 12.3. The molecule has 0 spiro atoms. The van der Waals surface area contributed by atoms with E-state index < -0.39 is 5.91 Å². The van der Waals surface area contributed by atoms with Crippen molar-refractivity contribution >= 4 is 17.7 Å². The lowest BCUT2D eigenvalue weighted by Gasteiger charge is -2.26. The van der Waals surface area contributed by atoms with Crippen LogP contribution >= 0.6 is 0 Å². The second-order valence-corrected chi connectivity index (χ2v) is 6.36. The van der Waals surface area contributed by atoms with Gasteiger partial charge in [0.15, 0.2) is 0 Å². The van der Waals surface area contributed by atoms with Crippen molar-refractivity contribution in [3.63, 3.8) is 0 Å². The number of benzene rings is 2. The van der Waals surface area contributed by atoms with Crippen LogP contribution in [0, 0.1) is 11.3 Å². The zero-order chi connectivity index (χ0) is 19.6. The Labute approximate surface area is 165 Å². The minimum absolute atomic E-state index is 0.0461. The smallest absolute Gasteiger partial charge is 0.266 e. The van der Waals surface area contributed by atoms with Crippen LogP contribution in [0.25, 0.3) is 6.08 Å². The third kappa shape index (κ3) is 5.95. The third-order valence-corrected chi connectivity index (χ3v) is 4.37. The molecule has 3 rings (SSSR count). The number of morpholine rings is 1. The molecule has 1 amide bonds. The zero-order valence-corrected chi connectivity index (χ0v) is 15.6. The number of nitriles is 1. The summed E-state index contributed by atoms with van der Waals surface area (Å²) in [6, 6.07) is 18.4. The van der Waals surface area contributed by atoms with Crippen LogP contribution in [-0.4, -0.2) is 50.3 Å². The average Bonchev–Trinajstić information content (AvgIpc) is 2.74. The number of anilines is 1. The molecule has 0 aliphatic carbocycles. The summed E-state index contributed by atoms with van der Waals surface area (Å²) < 4.78 is 11.1. The summed E-state index contributed by atoms with van der Waals surface area (Å²) in [4.78, 5) is 14.6. The molecule has 2 aromatic carbocycles. The summed E-state index contributed by atoms with van der Waals surface area (Å²) in [5, 5.41) is 12.0. The highest BCUT2D eigenvalue weighted by atomic mass is 16.5. The van der Waals surface area contributed by atoms with E-state index in [0.717, 1.165) is 44.2 Å². The number of hydrogen-bond acceptors (Lipinski definition) is 5. The van der Waals surface area contributed by atoms with E-state index in [0.29, 0.717) is 12.3 Å². The molecule has 28 heavy (non-hydrogen) atoms. The molecule has 144 valence electrons. The topological polar surface area (TPSA) is 74.6 Å². The molecule has 1 heterocycles. The van der Waals surface area contributed by atoms with Gasteiger partial charge in [0.1, 0.15) is 24.0 Å². The van der Waals surface area contributed by atoms with Crippen LogP contribution in [0.3, 0.4) is 0 Å². The Kier molecular flexibility index (Phi) is 7.19. The minimum atomic E-state index is -0.431. The van der Waals surface area contributed by atoms with Gasteiger partial charge in [0.05, 0.1) is 13.2 Å². The van der Waals surface area contributed by atoms with Gasteiger partial charge in [-0.2, -0.15) is 5.26 Å². The van der Waals surface area contributed by atoms with Crippen LogP contribution in [0.1, 0.15) is 5.56 Å². The molecule has 1 aliphatic heterocycles. The second-order valence-electron chi connectivity index (χ2n) is 6.36. The number of amides is 1. The average molecular weight is 377 g/mol. The van der Waals surface area contributed by atoms with E-state index in [-0.39, 0.29) is 5.57 Å². The first-order valence-corrected chi connectivity index (χ1v) is 9.26. The zero-order valence-electron chi connectivity index (χ0n) is 15.6. The Morgan fingerprint density at radius 3 is 2.54 bits per heavy atom. The van der Waals surface area contributed by atoms with Gasteiger partial charge in [-0.25, -0.2) is 0 Å². The van der Waals surface area contributed by atoms with Crippen molar-refractivity contribution < 1.29 is 14.3 Å². The summed E-state index contributed by atoms with van der Waals surface area (Å²) in [7, 11) is 0. The maximum atomic E-state index is 12.3. The van der Waals surface area contributed by atoms with E-state index in [9.17, 15) is 10.1 Å². The summed E-state index contributed by atoms with van der Waals surface area (Å²) in [5.74, 6) is 0.331. The highest BCUT2D eigenvalue weighted by molar-refractivity contribution is 6.09. The number of rotatable bonds is 7. The van der Waals surface area contributed by atoms with Crippen LogP contribution < -0.4 is 10.1 Å². The van der Waals surface area contributed by atoms with Gasteiger partial charge in [0.25, 0.3) is 5.91 Å². The van der Waals surface area contributed by atoms with Gasteiger partial charge in [-0.05, 0) is 35.9 Å². The quantitative estimate of drug-likeness (QED) is 0.593. The van der Waals surface area contributed by atoms with E-state index in [1.165, 1.54) is 0 Å². The third-order valence-electron chi connectivity index (χ3n) is 4.37. The van der Waals surface area contributed by atoms with E-state index in [1.807, 2.05) is 48.5 Å². The Morgan fingerprint density at radius 2 is 1.86 bits per heavy atom. The molecule has 1 fully saturated rings. The number of para-hydroxylation sites is 1. The van der Waals surface area contributed by atoms with Crippen LogP contribution in [-0.2, 0) is 9.53 Å². The number of ether oxygens (including phenoxy) is 2. The fourth-order valence-corrected chi connectivity index (χ4v) is 2.81. The summed E-state index contributed by atoms with van der Waals surface area (Å²) in [6.07, 6.45) is 1.57. The largest absolute Gasteiger partial charge is 0.492 e. The predicted molar refractivity (Wildman–Crippen MR) is 108 cm³/mol. The standard InChI is InChI=1S/C22H23N3O3/c23-17-19(22(26)24-20-4-2-1-3-5-20)16-18-6-8-21(9-7-18)28-15-12-25-10-13-27-14-11-25/h1-9,16H,10-15H2,(H,24,26)/b19-16+. The maximum Gasteiger partial charge on any atom is 0.266 e. The summed E-state index contributed by atoms with van der Waals surface area (Å²) >= 11 is 0. The summed E-state index contributed by atoms with van der Waals surface area (Å²) in [5.41, 5.74) is 1.46. The van der Waals surface area contributed by atoms with Crippen molar-refractivity contribution in [2.45, 2.75) is 0 Å². The molecular formula is C22H23N3O3. The van der Waals surface area contributed by atoms with E-state index in [4.69, 9.17) is 9.47 Å². The normalized spacial score (nSPS) is 14.9. The van der Waals surface area contributed by atoms with Crippen molar-refractivity contribution in [2.24, 2.45) is 0 Å². The van der Waals surface area contributed by atoms with Crippen molar-refractivity contribution in [3.8, 4) is 11.8 Å². The van der Waals surface area contributed by atoms with Gasteiger partial charge in [-0.3, -0.25) is 9.69 Å². The number of hydrogen-bond donors (Lipinski definition) is 1. The van der Waals surface area contributed by atoms with Gasteiger partial charge >= 0.3 is 0 Å². The molecule has 1 N–H and O–H groups in total. The molecule has 1 aliphatic rings. The molecule has 0 atom stereocenters. The van der Waals surface area contributed by atoms with Crippen molar-refractivity contribution in [2.75, 3.05) is 44.8 Å². The van der Waals surface area contributed by atoms with E-state index >= 15 is 0 Å². The van der Waals surface area contributed by atoms with Gasteiger partial charge < -0.3 is 14.8 Å². The van der Waals surface area contributed by atoms with Crippen molar-refractivity contribution in [3.05, 3.63) is 65.7 Å². The fraction of sp³-hybridized carbons (Fsp3) is 0.273. The lowest BCUT2D eigenvalue weighted by Crippen LogP contribution is -2.38. The van der Waals surface area contributed by atoms with Gasteiger partial charge in [0.2, 0.25) is 0 Å². The Morgan fingerprint density at radius 1 is 1.14 bits per heavy atom. The molecule has 0 unspecified atom stereocenters. The van der Waals surface area contributed by atoms with E-state index in [1.54, 1.807) is 18.2 Å². The van der Waals surface area contributed by atoms with Gasteiger partial charge in [-0.15, -0.1) is 0 Å².